The van der Waals surface area contributed by atoms with Crippen LogP contribution in [0.5, 0.6) is 0 Å². The van der Waals surface area contributed by atoms with Crippen LogP contribution in [0.25, 0.3) is 0 Å². The largest absolute Gasteiger partial charge is 0.480 e. The maximum absolute atomic E-state index is 12.5. The molecule has 0 radical (unpaired) electrons. The Morgan fingerprint density at radius 3 is 2.23 bits per heavy atom. The summed E-state index contributed by atoms with van der Waals surface area (Å²) < 4.78 is 0. The number of carbonyl (C=O) groups is 2. The fourth-order valence-electron chi connectivity index (χ4n) is 2.77. The quantitative estimate of drug-likeness (QED) is 0.908. The second kappa shape index (κ2) is 7.29. The van der Waals surface area contributed by atoms with Crippen LogP contribution in [0.15, 0.2) is 24.3 Å². The Hall–Kier alpha value is -2.04. The van der Waals surface area contributed by atoms with Gasteiger partial charge in [-0.05, 0) is 57.4 Å². The first-order valence-corrected chi connectivity index (χ1v) is 7.87. The molecule has 1 fully saturated rings. The van der Waals surface area contributed by atoms with Gasteiger partial charge in [0.1, 0.15) is 6.54 Å². The van der Waals surface area contributed by atoms with E-state index in [0.717, 1.165) is 18.8 Å². The van der Waals surface area contributed by atoms with Crippen LogP contribution in [0.1, 0.15) is 43.5 Å². The minimum Gasteiger partial charge on any atom is -0.480 e. The third-order valence-corrected chi connectivity index (χ3v) is 4.03. The molecule has 1 heterocycles. The molecule has 1 aliphatic rings. The van der Waals surface area contributed by atoms with E-state index in [-0.39, 0.29) is 18.5 Å². The lowest BCUT2D eigenvalue weighted by Gasteiger charge is -2.29. The number of hydrogen-bond acceptors (Lipinski definition) is 3. The molecule has 0 unspecified atom stereocenters. The fourth-order valence-corrected chi connectivity index (χ4v) is 2.77. The number of anilines is 1. The molecule has 5 heteroatoms. The van der Waals surface area contributed by atoms with Crippen molar-refractivity contribution in [1.82, 2.24) is 4.90 Å². The molecule has 0 aliphatic carbocycles. The molecule has 1 N–H and O–H groups in total. The molecule has 22 heavy (non-hydrogen) atoms. The topological polar surface area (TPSA) is 60.9 Å². The highest BCUT2D eigenvalue weighted by atomic mass is 16.4. The number of carboxylic acids is 1. The average molecular weight is 304 g/mol. The number of rotatable bonds is 5. The van der Waals surface area contributed by atoms with Crippen LogP contribution in [-0.2, 0) is 4.79 Å². The molecule has 1 aromatic carbocycles. The minimum atomic E-state index is -0.994. The Labute approximate surface area is 131 Å². The lowest BCUT2D eigenvalue weighted by Crippen LogP contribution is -2.40. The van der Waals surface area contributed by atoms with Gasteiger partial charge in [-0.1, -0.05) is 0 Å². The van der Waals surface area contributed by atoms with E-state index in [1.54, 1.807) is 12.1 Å². The summed E-state index contributed by atoms with van der Waals surface area (Å²) in [5.74, 6) is -1.23. The summed E-state index contributed by atoms with van der Waals surface area (Å²) in [4.78, 5) is 27.1. The first-order chi connectivity index (χ1) is 10.5. The molecule has 0 aromatic heterocycles. The van der Waals surface area contributed by atoms with Crippen molar-refractivity contribution in [3.05, 3.63) is 29.8 Å². The Bertz CT molecular complexity index is 519. The van der Waals surface area contributed by atoms with Crippen molar-refractivity contribution < 1.29 is 14.7 Å². The number of nitrogens with zero attached hydrogens (tertiary/aromatic N) is 2. The summed E-state index contributed by atoms with van der Waals surface area (Å²) in [5, 5.41) is 8.94. The Kier molecular flexibility index (Phi) is 5.41. The molecule has 0 atom stereocenters. The van der Waals surface area contributed by atoms with Crippen molar-refractivity contribution in [3.8, 4) is 0 Å². The molecule has 1 amide bonds. The standard InChI is InChI=1S/C17H24N2O3/c1-13(2)19(12-16(20)21)17(22)14-6-8-15(9-7-14)18-10-4-3-5-11-18/h6-9,13H,3-5,10-12H2,1-2H3,(H,20,21). The summed E-state index contributed by atoms with van der Waals surface area (Å²) in [7, 11) is 0. The zero-order valence-electron chi connectivity index (χ0n) is 13.3. The van der Waals surface area contributed by atoms with Gasteiger partial charge in [0.05, 0.1) is 0 Å². The van der Waals surface area contributed by atoms with Crippen LogP contribution in [0.3, 0.4) is 0 Å². The number of amides is 1. The number of carboxylic acid groups (broad SMARTS) is 1. The van der Waals surface area contributed by atoms with Crippen molar-refractivity contribution in [3.63, 3.8) is 0 Å². The number of benzene rings is 1. The fraction of sp³-hybridized carbons (Fsp3) is 0.529. The van der Waals surface area contributed by atoms with Gasteiger partial charge >= 0.3 is 5.97 Å². The van der Waals surface area contributed by atoms with Crippen LogP contribution < -0.4 is 4.90 Å². The predicted octanol–water partition coefficient (Wildman–Crippen LogP) is 2.61. The monoisotopic (exact) mass is 304 g/mol. The number of aliphatic carboxylic acids is 1. The Balaban J connectivity index is 2.10. The molecule has 0 spiro atoms. The first-order valence-electron chi connectivity index (χ1n) is 7.87. The molecule has 120 valence electrons. The second-order valence-electron chi connectivity index (χ2n) is 6.02. The molecular weight excluding hydrogens is 280 g/mol. The summed E-state index contributed by atoms with van der Waals surface area (Å²) in [6.07, 6.45) is 3.70. The van der Waals surface area contributed by atoms with E-state index in [0.29, 0.717) is 5.56 Å². The molecule has 0 bridgehead atoms. The molecule has 1 aliphatic heterocycles. The Morgan fingerprint density at radius 2 is 1.73 bits per heavy atom. The van der Waals surface area contributed by atoms with Crippen molar-refractivity contribution in [2.24, 2.45) is 0 Å². The third kappa shape index (κ3) is 4.00. The van der Waals surface area contributed by atoms with Gasteiger partial charge in [0.15, 0.2) is 0 Å². The van der Waals surface area contributed by atoms with Crippen molar-refractivity contribution in [1.29, 1.82) is 0 Å². The van der Waals surface area contributed by atoms with Crippen molar-refractivity contribution in [2.45, 2.75) is 39.2 Å². The number of hydrogen-bond donors (Lipinski definition) is 1. The lowest BCUT2D eigenvalue weighted by atomic mass is 10.1. The minimum absolute atomic E-state index is 0.148. The average Bonchev–Trinajstić information content (AvgIpc) is 2.52. The van der Waals surface area contributed by atoms with Crippen LogP contribution in [0.4, 0.5) is 5.69 Å². The van der Waals surface area contributed by atoms with Gasteiger partial charge in [-0.15, -0.1) is 0 Å². The van der Waals surface area contributed by atoms with E-state index in [2.05, 4.69) is 4.90 Å². The van der Waals surface area contributed by atoms with Gasteiger partial charge in [0.2, 0.25) is 0 Å². The van der Waals surface area contributed by atoms with Crippen LogP contribution in [-0.4, -0.2) is 47.6 Å². The summed E-state index contributed by atoms with van der Waals surface area (Å²) in [6.45, 7) is 5.49. The smallest absolute Gasteiger partial charge is 0.323 e. The van der Waals surface area contributed by atoms with Gasteiger partial charge in [0.25, 0.3) is 5.91 Å². The van der Waals surface area contributed by atoms with E-state index in [1.165, 1.54) is 24.2 Å². The highest BCUT2D eigenvalue weighted by Gasteiger charge is 2.21. The first kappa shape index (κ1) is 16.3. The molecule has 2 rings (SSSR count). The predicted molar refractivity (Wildman–Crippen MR) is 86.3 cm³/mol. The third-order valence-electron chi connectivity index (χ3n) is 4.03. The van der Waals surface area contributed by atoms with Gasteiger partial charge < -0.3 is 14.9 Å². The lowest BCUT2D eigenvalue weighted by molar-refractivity contribution is -0.138. The summed E-state index contributed by atoms with van der Waals surface area (Å²) >= 11 is 0. The second-order valence-corrected chi connectivity index (χ2v) is 6.02. The van der Waals surface area contributed by atoms with E-state index >= 15 is 0 Å². The van der Waals surface area contributed by atoms with Crippen molar-refractivity contribution in [2.75, 3.05) is 24.5 Å². The highest BCUT2D eigenvalue weighted by molar-refractivity contribution is 5.96. The number of piperidine rings is 1. The van der Waals surface area contributed by atoms with E-state index < -0.39 is 5.97 Å². The maximum Gasteiger partial charge on any atom is 0.323 e. The van der Waals surface area contributed by atoms with Gasteiger partial charge in [-0.25, -0.2) is 0 Å². The molecule has 5 nitrogen and oxygen atoms in total. The molecule has 1 saturated heterocycles. The molecular formula is C17H24N2O3. The zero-order valence-corrected chi connectivity index (χ0v) is 13.3. The molecule has 0 saturated carbocycles. The van der Waals surface area contributed by atoms with Crippen LogP contribution in [0, 0.1) is 0 Å². The normalized spacial score (nSPS) is 15.0. The van der Waals surface area contributed by atoms with E-state index in [4.69, 9.17) is 5.11 Å². The van der Waals surface area contributed by atoms with Crippen LogP contribution in [0.2, 0.25) is 0 Å². The SMILES string of the molecule is CC(C)N(CC(=O)O)C(=O)c1ccc(N2CCCCC2)cc1. The zero-order chi connectivity index (χ0) is 16.1. The summed E-state index contributed by atoms with van der Waals surface area (Å²) in [5.41, 5.74) is 1.67. The van der Waals surface area contributed by atoms with Gasteiger partial charge in [0, 0.05) is 30.4 Å². The highest BCUT2D eigenvalue weighted by Crippen LogP contribution is 2.21. The van der Waals surface area contributed by atoms with Gasteiger partial charge in [-0.2, -0.15) is 0 Å². The Morgan fingerprint density at radius 1 is 1.14 bits per heavy atom. The maximum atomic E-state index is 12.5. The number of carbonyl (C=O) groups excluding carboxylic acids is 1. The summed E-state index contributed by atoms with van der Waals surface area (Å²) in [6, 6.07) is 7.35. The molecule has 1 aromatic rings. The van der Waals surface area contributed by atoms with Crippen molar-refractivity contribution >= 4 is 17.6 Å². The van der Waals surface area contributed by atoms with E-state index in [9.17, 15) is 9.59 Å². The van der Waals surface area contributed by atoms with Crippen LogP contribution >= 0.6 is 0 Å². The van der Waals surface area contributed by atoms with Gasteiger partial charge in [-0.3, -0.25) is 9.59 Å². The van der Waals surface area contributed by atoms with E-state index in [1.807, 2.05) is 26.0 Å².